The fourth-order valence-electron chi connectivity index (χ4n) is 2.47. The maximum atomic E-state index is 12.4. The van der Waals surface area contributed by atoms with Gasteiger partial charge in [0.1, 0.15) is 12.4 Å². The number of ether oxygens (including phenoxy) is 2. The van der Waals surface area contributed by atoms with Crippen LogP contribution in [0.1, 0.15) is 23.5 Å². The van der Waals surface area contributed by atoms with Crippen molar-refractivity contribution >= 4 is 17.7 Å². The molecule has 0 radical (unpaired) electrons. The van der Waals surface area contributed by atoms with Crippen LogP contribution in [0.25, 0.3) is 0 Å². The van der Waals surface area contributed by atoms with Crippen molar-refractivity contribution in [1.29, 1.82) is 0 Å². The first-order valence-electron chi connectivity index (χ1n) is 7.22. The van der Waals surface area contributed by atoms with Gasteiger partial charge in [-0.2, -0.15) is 4.98 Å². The second-order valence-corrected chi connectivity index (χ2v) is 5.19. The molecular weight excluding hydrogens is 296 g/mol. The number of carbonyl (C=O) groups excluding carboxylic acids is 2. The van der Waals surface area contributed by atoms with Gasteiger partial charge in [0.2, 0.25) is 11.8 Å². The number of aromatic nitrogens is 1. The number of nitrogens with zero attached hydrogens (tertiary/aromatic N) is 1. The van der Waals surface area contributed by atoms with E-state index >= 15 is 0 Å². The fourth-order valence-corrected chi connectivity index (χ4v) is 2.47. The first-order chi connectivity index (χ1) is 11.2. The van der Waals surface area contributed by atoms with Crippen molar-refractivity contribution in [2.45, 2.75) is 18.9 Å². The molecule has 1 amide bonds. The molecule has 1 aliphatic heterocycles. The highest BCUT2D eigenvalue weighted by Crippen LogP contribution is 2.33. The van der Waals surface area contributed by atoms with Gasteiger partial charge in [-0.25, -0.2) is 0 Å². The molecule has 0 saturated heterocycles. The Morgan fingerprint density at radius 1 is 1.26 bits per heavy atom. The van der Waals surface area contributed by atoms with Gasteiger partial charge in [-0.05, 0) is 11.6 Å². The highest BCUT2D eigenvalue weighted by molar-refractivity contribution is 5.99. The number of esters is 1. The molecule has 6 nitrogen and oxygen atoms in total. The van der Waals surface area contributed by atoms with Gasteiger partial charge in [0.15, 0.2) is 0 Å². The number of nitrogens with one attached hydrogen (secondary N) is 1. The quantitative estimate of drug-likeness (QED) is 0.876. The Kier molecular flexibility index (Phi) is 4.23. The normalized spacial score (nSPS) is 16.2. The zero-order valence-corrected chi connectivity index (χ0v) is 12.6. The third-order valence-corrected chi connectivity index (χ3v) is 3.64. The van der Waals surface area contributed by atoms with Crippen molar-refractivity contribution < 1.29 is 19.1 Å². The largest absolute Gasteiger partial charge is 0.481 e. The summed E-state index contributed by atoms with van der Waals surface area (Å²) in [6.45, 7) is 0.177. The minimum atomic E-state index is -0.652. The molecule has 1 atom stereocenters. The van der Waals surface area contributed by atoms with Crippen LogP contribution in [-0.4, -0.2) is 24.0 Å². The van der Waals surface area contributed by atoms with Crippen molar-refractivity contribution in [1.82, 2.24) is 4.98 Å². The van der Waals surface area contributed by atoms with E-state index in [0.29, 0.717) is 17.3 Å². The third-order valence-electron chi connectivity index (χ3n) is 3.64. The summed E-state index contributed by atoms with van der Waals surface area (Å²) in [6, 6.07) is 12.8. The van der Waals surface area contributed by atoms with Crippen LogP contribution in [0.5, 0.6) is 5.88 Å². The molecule has 1 aliphatic rings. The Labute approximate surface area is 133 Å². The number of pyridine rings is 1. The van der Waals surface area contributed by atoms with E-state index in [-0.39, 0.29) is 18.9 Å². The van der Waals surface area contributed by atoms with Crippen LogP contribution in [-0.2, 0) is 20.9 Å². The predicted octanol–water partition coefficient (Wildman–Crippen LogP) is 2.26. The van der Waals surface area contributed by atoms with Crippen LogP contribution in [0.15, 0.2) is 42.5 Å². The van der Waals surface area contributed by atoms with E-state index in [4.69, 9.17) is 9.47 Å². The molecule has 23 heavy (non-hydrogen) atoms. The van der Waals surface area contributed by atoms with Gasteiger partial charge in [0, 0.05) is 18.1 Å². The molecule has 3 rings (SSSR count). The molecule has 0 fully saturated rings. The molecule has 0 bridgehead atoms. The minimum absolute atomic E-state index is 0.0502. The SMILES string of the molecule is COc1ccc2c(n1)NC(=O)CC2C(=O)OCc1ccccc1. The van der Waals surface area contributed by atoms with Crippen molar-refractivity contribution in [3.05, 3.63) is 53.6 Å². The summed E-state index contributed by atoms with van der Waals surface area (Å²) < 4.78 is 10.4. The van der Waals surface area contributed by atoms with E-state index in [1.807, 2.05) is 30.3 Å². The number of rotatable bonds is 4. The Morgan fingerprint density at radius 3 is 2.78 bits per heavy atom. The Morgan fingerprint density at radius 2 is 2.04 bits per heavy atom. The maximum Gasteiger partial charge on any atom is 0.314 e. The third kappa shape index (κ3) is 3.31. The van der Waals surface area contributed by atoms with Gasteiger partial charge in [-0.1, -0.05) is 30.3 Å². The summed E-state index contributed by atoms with van der Waals surface area (Å²) in [4.78, 5) is 28.4. The van der Waals surface area contributed by atoms with Crippen molar-refractivity contribution in [3.63, 3.8) is 0 Å². The number of fused-ring (bicyclic) bond motifs is 1. The molecule has 1 N–H and O–H groups in total. The second kappa shape index (κ2) is 6.48. The summed E-state index contributed by atoms with van der Waals surface area (Å²) in [6.07, 6.45) is 0.0502. The van der Waals surface area contributed by atoms with Crippen LogP contribution in [0, 0.1) is 0 Å². The van der Waals surface area contributed by atoms with E-state index in [1.54, 1.807) is 12.1 Å². The molecule has 2 heterocycles. The van der Waals surface area contributed by atoms with Gasteiger partial charge in [0.05, 0.1) is 13.0 Å². The lowest BCUT2D eigenvalue weighted by atomic mass is 9.93. The Hall–Kier alpha value is -2.89. The zero-order valence-electron chi connectivity index (χ0n) is 12.6. The van der Waals surface area contributed by atoms with E-state index < -0.39 is 11.9 Å². The predicted molar refractivity (Wildman–Crippen MR) is 83.0 cm³/mol. The van der Waals surface area contributed by atoms with Gasteiger partial charge in [0.25, 0.3) is 0 Å². The molecule has 0 spiro atoms. The minimum Gasteiger partial charge on any atom is -0.481 e. The molecule has 0 aliphatic carbocycles. The highest BCUT2D eigenvalue weighted by Gasteiger charge is 2.33. The van der Waals surface area contributed by atoms with E-state index in [1.165, 1.54) is 7.11 Å². The lowest BCUT2D eigenvalue weighted by Crippen LogP contribution is -2.29. The number of methoxy groups -OCH3 is 1. The average molecular weight is 312 g/mol. The average Bonchev–Trinajstić information content (AvgIpc) is 2.59. The Balaban J connectivity index is 1.77. The number of amides is 1. The topological polar surface area (TPSA) is 77.5 Å². The monoisotopic (exact) mass is 312 g/mol. The molecule has 1 aromatic heterocycles. The molecule has 118 valence electrons. The highest BCUT2D eigenvalue weighted by atomic mass is 16.5. The molecule has 2 aromatic rings. The number of carbonyl (C=O) groups is 2. The van der Waals surface area contributed by atoms with Crippen LogP contribution >= 0.6 is 0 Å². The van der Waals surface area contributed by atoms with Crippen molar-refractivity contribution in [2.24, 2.45) is 0 Å². The maximum absolute atomic E-state index is 12.4. The summed E-state index contributed by atoms with van der Waals surface area (Å²) in [7, 11) is 1.49. The fraction of sp³-hybridized carbons (Fsp3) is 0.235. The van der Waals surface area contributed by atoms with E-state index in [0.717, 1.165) is 5.56 Å². The molecular formula is C17H16N2O4. The summed E-state index contributed by atoms with van der Waals surface area (Å²) in [5.74, 6) is -0.623. The molecule has 0 saturated carbocycles. The first-order valence-corrected chi connectivity index (χ1v) is 7.22. The van der Waals surface area contributed by atoms with Crippen LogP contribution in [0.4, 0.5) is 5.82 Å². The lowest BCUT2D eigenvalue weighted by Gasteiger charge is -2.23. The second-order valence-electron chi connectivity index (χ2n) is 5.19. The number of hydrogen-bond acceptors (Lipinski definition) is 5. The zero-order chi connectivity index (χ0) is 16.2. The van der Waals surface area contributed by atoms with E-state index in [9.17, 15) is 9.59 Å². The van der Waals surface area contributed by atoms with Gasteiger partial charge < -0.3 is 14.8 Å². The van der Waals surface area contributed by atoms with Crippen LogP contribution < -0.4 is 10.1 Å². The smallest absolute Gasteiger partial charge is 0.314 e. The molecule has 6 heteroatoms. The standard InChI is InChI=1S/C17H16N2O4/c1-22-15-8-7-12-13(9-14(20)18-16(12)19-15)17(21)23-10-11-5-3-2-4-6-11/h2-8,13H,9-10H2,1H3,(H,18,19,20). The number of anilines is 1. The number of benzene rings is 1. The van der Waals surface area contributed by atoms with E-state index in [2.05, 4.69) is 10.3 Å². The van der Waals surface area contributed by atoms with Crippen molar-refractivity contribution in [3.8, 4) is 5.88 Å². The summed E-state index contributed by atoms with van der Waals surface area (Å²) >= 11 is 0. The first kappa shape index (κ1) is 15.0. The van der Waals surface area contributed by atoms with Crippen LogP contribution in [0.3, 0.4) is 0 Å². The molecule has 1 unspecified atom stereocenters. The lowest BCUT2D eigenvalue weighted by molar-refractivity contribution is -0.148. The number of hydrogen-bond donors (Lipinski definition) is 1. The molecule has 1 aromatic carbocycles. The summed E-state index contributed by atoms with van der Waals surface area (Å²) in [5.41, 5.74) is 1.54. The van der Waals surface area contributed by atoms with Crippen LogP contribution in [0.2, 0.25) is 0 Å². The Bertz CT molecular complexity index is 731. The summed E-state index contributed by atoms with van der Waals surface area (Å²) in [5, 5.41) is 2.66. The van der Waals surface area contributed by atoms with Gasteiger partial charge in [-0.15, -0.1) is 0 Å². The van der Waals surface area contributed by atoms with Gasteiger partial charge >= 0.3 is 5.97 Å². The van der Waals surface area contributed by atoms with Gasteiger partial charge in [-0.3, -0.25) is 9.59 Å². The van der Waals surface area contributed by atoms with Crippen molar-refractivity contribution in [2.75, 3.05) is 12.4 Å².